The highest BCUT2D eigenvalue weighted by molar-refractivity contribution is 6.34. The Kier molecular flexibility index (Phi) is 6.14. The molecule has 5 rings (SSSR count). The zero-order chi connectivity index (χ0) is 25.4. The Hall–Kier alpha value is -3.91. The highest BCUT2D eigenvalue weighted by Gasteiger charge is 2.51. The van der Waals surface area contributed by atoms with Crippen molar-refractivity contribution in [3.05, 3.63) is 82.4 Å². The lowest BCUT2D eigenvalue weighted by atomic mass is 9.91. The van der Waals surface area contributed by atoms with Crippen molar-refractivity contribution in [2.75, 3.05) is 18.4 Å². The molecule has 1 atom stereocenters. The second kappa shape index (κ2) is 9.28. The van der Waals surface area contributed by atoms with Crippen molar-refractivity contribution in [2.24, 2.45) is 0 Å². The molecule has 1 saturated heterocycles. The molecule has 0 bridgehead atoms. The van der Waals surface area contributed by atoms with Crippen molar-refractivity contribution in [3.63, 3.8) is 0 Å². The summed E-state index contributed by atoms with van der Waals surface area (Å²) in [4.78, 5) is 43.7. The summed E-state index contributed by atoms with van der Waals surface area (Å²) in [5, 5.41) is 2.88. The van der Waals surface area contributed by atoms with Crippen molar-refractivity contribution < 1.29 is 23.9 Å². The number of nitrogens with one attached hydrogen (secondary N) is 1. The Morgan fingerprint density at radius 1 is 1.14 bits per heavy atom. The zero-order valence-electron chi connectivity index (χ0n) is 19.8. The van der Waals surface area contributed by atoms with Crippen LogP contribution in [0.1, 0.15) is 46.5 Å². The van der Waals surface area contributed by atoms with Gasteiger partial charge in [0.25, 0.3) is 5.91 Å². The lowest BCUT2D eigenvalue weighted by Crippen LogP contribution is -2.34. The van der Waals surface area contributed by atoms with E-state index in [1.165, 1.54) is 0 Å². The summed E-state index contributed by atoms with van der Waals surface area (Å²) in [6, 6.07) is 17.6. The van der Waals surface area contributed by atoms with E-state index in [1.54, 1.807) is 67.3 Å². The number of carbonyl (C=O) groups is 3. The van der Waals surface area contributed by atoms with Gasteiger partial charge in [-0.3, -0.25) is 10.1 Å². The third-order valence-corrected chi connectivity index (χ3v) is 6.57. The Morgan fingerprint density at radius 3 is 2.72 bits per heavy atom. The molecule has 2 aliphatic rings. The molecule has 184 valence electrons. The highest BCUT2D eigenvalue weighted by Crippen LogP contribution is 2.43. The summed E-state index contributed by atoms with van der Waals surface area (Å²) >= 11 is 6.54. The van der Waals surface area contributed by atoms with Crippen LogP contribution in [0.15, 0.2) is 60.7 Å². The van der Waals surface area contributed by atoms with E-state index in [-0.39, 0.29) is 29.5 Å². The van der Waals surface area contributed by atoms with Gasteiger partial charge in [0.2, 0.25) is 0 Å². The van der Waals surface area contributed by atoms with E-state index in [0.29, 0.717) is 41.2 Å². The van der Waals surface area contributed by atoms with Crippen molar-refractivity contribution in [2.45, 2.75) is 32.0 Å². The molecule has 0 aliphatic carbocycles. The highest BCUT2D eigenvalue weighted by atomic mass is 35.5. The first-order valence-corrected chi connectivity index (χ1v) is 12.0. The number of hydrogen-bond donors (Lipinski definition) is 1. The molecule has 1 spiro atoms. The van der Waals surface area contributed by atoms with Crippen LogP contribution in [0.4, 0.5) is 10.6 Å². The lowest BCUT2D eigenvalue weighted by Gasteiger charge is -2.24. The van der Waals surface area contributed by atoms with E-state index < -0.39 is 11.7 Å². The standard InChI is InChI=1S/C27H24ClN3O5/c1-16(2)35-26(34)30-23-9-5-8-22(29-23)17-10-11-19(21(28)14-17)24(32)31-13-12-27(15-31)20-7-4-3-6-18(20)25(33)36-27/h3-11,14,16H,12-13,15H2,1-2H3,(H,29,30,34)/t27-/m0/s1. The Balaban J connectivity index is 1.33. The fourth-order valence-electron chi connectivity index (χ4n) is 4.64. The number of hydrogen-bond acceptors (Lipinski definition) is 6. The lowest BCUT2D eigenvalue weighted by molar-refractivity contribution is -0.00306. The van der Waals surface area contributed by atoms with E-state index in [9.17, 15) is 14.4 Å². The predicted molar refractivity (Wildman–Crippen MR) is 134 cm³/mol. The zero-order valence-corrected chi connectivity index (χ0v) is 20.5. The van der Waals surface area contributed by atoms with Crippen molar-refractivity contribution in [3.8, 4) is 11.3 Å². The number of anilines is 1. The molecule has 2 amide bonds. The minimum atomic E-state index is -0.816. The fraction of sp³-hybridized carbons (Fsp3) is 0.259. The Morgan fingerprint density at radius 2 is 1.94 bits per heavy atom. The van der Waals surface area contributed by atoms with Crippen LogP contribution in [0.5, 0.6) is 0 Å². The molecule has 0 saturated carbocycles. The molecule has 3 heterocycles. The molecule has 36 heavy (non-hydrogen) atoms. The van der Waals surface area contributed by atoms with Crippen LogP contribution < -0.4 is 5.32 Å². The average Bonchev–Trinajstić information content (AvgIpc) is 3.39. The van der Waals surface area contributed by atoms with Gasteiger partial charge in [0.15, 0.2) is 5.60 Å². The van der Waals surface area contributed by atoms with Crippen LogP contribution in [-0.2, 0) is 15.1 Å². The Bertz CT molecular complexity index is 1380. The van der Waals surface area contributed by atoms with Crippen LogP contribution in [0.25, 0.3) is 11.3 Å². The second-order valence-electron chi connectivity index (χ2n) is 9.09. The molecule has 3 aromatic rings. The number of halogens is 1. The third-order valence-electron chi connectivity index (χ3n) is 6.26. The molecule has 2 aromatic carbocycles. The maximum atomic E-state index is 13.3. The number of benzene rings is 2. The predicted octanol–water partition coefficient (Wildman–Crippen LogP) is 5.27. The van der Waals surface area contributed by atoms with Gasteiger partial charge >= 0.3 is 12.1 Å². The molecule has 1 aromatic heterocycles. The van der Waals surface area contributed by atoms with E-state index in [1.807, 2.05) is 12.1 Å². The number of nitrogens with zero attached hydrogens (tertiary/aromatic N) is 2. The molecule has 8 nitrogen and oxygen atoms in total. The van der Waals surface area contributed by atoms with Crippen molar-refractivity contribution >= 4 is 35.4 Å². The molecule has 1 fully saturated rings. The van der Waals surface area contributed by atoms with Crippen LogP contribution in [-0.4, -0.2) is 47.0 Å². The van der Waals surface area contributed by atoms with Crippen LogP contribution in [0, 0.1) is 0 Å². The summed E-state index contributed by atoms with van der Waals surface area (Å²) in [5.74, 6) is -0.254. The number of fused-ring (bicyclic) bond motifs is 2. The van der Waals surface area contributed by atoms with Crippen LogP contribution in [0.2, 0.25) is 5.02 Å². The first-order chi connectivity index (χ1) is 17.3. The van der Waals surface area contributed by atoms with E-state index >= 15 is 0 Å². The Labute approximate surface area is 213 Å². The number of carbonyl (C=O) groups excluding carboxylic acids is 3. The first kappa shape index (κ1) is 23.8. The summed E-state index contributed by atoms with van der Waals surface area (Å²) in [6.07, 6.45) is -0.314. The summed E-state index contributed by atoms with van der Waals surface area (Å²) in [5.41, 5.74) is 2.18. The van der Waals surface area contributed by atoms with Crippen molar-refractivity contribution in [1.82, 2.24) is 9.88 Å². The number of aromatic nitrogens is 1. The second-order valence-corrected chi connectivity index (χ2v) is 9.50. The molecular weight excluding hydrogens is 482 g/mol. The number of rotatable bonds is 4. The average molecular weight is 506 g/mol. The van der Waals surface area contributed by atoms with E-state index in [0.717, 1.165) is 5.56 Å². The van der Waals surface area contributed by atoms with E-state index in [4.69, 9.17) is 21.1 Å². The van der Waals surface area contributed by atoms with Crippen molar-refractivity contribution in [1.29, 1.82) is 0 Å². The van der Waals surface area contributed by atoms with E-state index in [2.05, 4.69) is 10.3 Å². The number of amides is 2. The number of pyridine rings is 1. The maximum absolute atomic E-state index is 13.3. The normalized spacial score (nSPS) is 18.3. The third kappa shape index (κ3) is 4.40. The molecule has 1 N–H and O–H groups in total. The summed E-state index contributed by atoms with van der Waals surface area (Å²) < 4.78 is 10.8. The molecule has 0 radical (unpaired) electrons. The van der Waals surface area contributed by atoms with Gasteiger partial charge < -0.3 is 14.4 Å². The molecule has 9 heteroatoms. The van der Waals surface area contributed by atoms with Crippen LogP contribution >= 0.6 is 11.6 Å². The monoisotopic (exact) mass is 505 g/mol. The van der Waals surface area contributed by atoms with Gasteiger partial charge in [-0.15, -0.1) is 0 Å². The summed E-state index contributed by atoms with van der Waals surface area (Å²) in [6.45, 7) is 4.24. The minimum Gasteiger partial charge on any atom is -0.449 e. The van der Waals surface area contributed by atoms with Gasteiger partial charge in [-0.1, -0.05) is 41.9 Å². The molecule has 0 unspecified atom stereocenters. The summed E-state index contributed by atoms with van der Waals surface area (Å²) in [7, 11) is 0. The first-order valence-electron chi connectivity index (χ1n) is 11.6. The van der Waals surface area contributed by atoms with Gasteiger partial charge in [-0.05, 0) is 44.2 Å². The molecular formula is C27H24ClN3O5. The number of likely N-dealkylation sites (tertiary alicyclic amines) is 1. The largest absolute Gasteiger partial charge is 0.449 e. The van der Waals surface area contributed by atoms with Gasteiger partial charge in [0.05, 0.1) is 34.5 Å². The molecule has 2 aliphatic heterocycles. The fourth-order valence-corrected chi connectivity index (χ4v) is 4.90. The van der Waals surface area contributed by atoms with Gasteiger partial charge in [-0.2, -0.15) is 0 Å². The minimum absolute atomic E-state index is 0.233. The SMILES string of the molecule is CC(C)OC(=O)Nc1cccc(-c2ccc(C(=O)N3CC[C@@]4(C3)OC(=O)c3ccccc34)c(Cl)c2)n1. The van der Waals surface area contributed by atoms with Crippen LogP contribution in [0.3, 0.4) is 0 Å². The quantitative estimate of drug-likeness (QED) is 0.485. The number of ether oxygens (including phenoxy) is 2. The number of esters is 1. The maximum Gasteiger partial charge on any atom is 0.413 e. The van der Waals surface area contributed by atoms with Gasteiger partial charge in [0.1, 0.15) is 5.82 Å². The van der Waals surface area contributed by atoms with Gasteiger partial charge in [0, 0.05) is 24.1 Å². The topological polar surface area (TPSA) is 97.8 Å². The smallest absolute Gasteiger partial charge is 0.413 e. The van der Waals surface area contributed by atoms with Gasteiger partial charge in [-0.25, -0.2) is 14.6 Å².